The van der Waals surface area contributed by atoms with E-state index in [0.717, 1.165) is 0 Å². The second kappa shape index (κ2) is 4.35. The largest absolute Gasteiger partial charge is 0.0724 e. The molecule has 0 unspecified atom stereocenters. The molecule has 3 aliphatic rings. The van der Waals surface area contributed by atoms with Crippen molar-refractivity contribution in [2.24, 2.45) is 0 Å². The van der Waals surface area contributed by atoms with Gasteiger partial charge in [-0.1, -0.05) is 38.4 Å². The maximum absolute atomic E-state index is 3.53. The lowest BCUT2D eigenvalue weighted by Gasteiger charge is -2.44. The van der Waals surface area contributed by atoms with Gasteiger partial charge in [0.05, 0.1) is 0 Å². The van der Waals surface area contributed by atoms with Gasteiger partial charge in [-0.25, -0.2) is 0 Å². The fraction of sp³-hybridized carbons (Fsp3) is 0.250. The molecule has 3 saturated heterocycles. The van der Waals surface area contributed by atoms with Crippen LogP contribution in [0.15, 0.2) is 28.7 Å². The van der Waals surface area contributed by atoms with Gasteiger partial charge in [-0.05, 0) is 16.4 Å². The summed E-state index contributed by atoms with van der Waals surface area (Å²) in [5.74, 6) is 0. The van der Waals surface area contributed by atoms with E-state index in [1.54, 1.807) is 5.56 Å². The third-order valence-corrected chi connectivity index (χ3v) is 28.1. The van der Waals surface area contributed by atoms with Crippen LogP contribution in [0.1, 0.15) is 5.56 Å². The first-order valence-corrected chi connectivity index (χ1v) is 14.7. The first kappa shape index (κ1) is 11.1. The molecule has 15 heavy (non-hydrogen) atoms. The minimum absolute atomic E-state index is 0.671. The molecule has 3 aliphatic heterocycles. The van der Waals surface area contributed by atoms with E-state index < -0.39 is 0 Å². The molecule has 3 fully saturated rings. The number of halogens is 1. The number of hydrogen-bond acceptors (Lipinski definition) is 0. The first-order valence-electron chi connectivity index (χ1n) is 4.63. The highest BCUT2D eigenvalue weighted by molar-refractivity contribution is 9.10. The van der Waals surface area contributed by atoms with Crippen LogP contribution in [-0.2, 0) is 4.28 Å². The second-order valence-corrected chi connectivity index (χ2v) is 18.1. The summed E-state index contributed by atoms with van der Waals surface area (Å²) in [5.41, 5.74) is 1.64. The van der Waals surface area contributed by atoms with Gasteiger partial charge in [0, 0.05) is 58.7 Å². The number of benzene rings is 1. The lowest BCUT2D eigenvalue weighted by molar-refractivity contribution is 1.20. The molecule has 7 heteroatoms. The van der Waals surface area contributed by atoms with Crippen molar-refractivity contribution in [2.45, 2.75) is 9.07 Å². The molecule has 0 aliphatic carbocycles. The van der Waals surface area contributed by atoms with Gasteiger partial charge in [0.15, 0.2) is 0 Å². The summed E-state index contributed by atoms with van der Waals surface area (Å²) in [6.07, 6.45) is 0. The molecule has 0 saturated carbocycles. The molecule has 1 aromatic rings. The quantitative estimate of drug-likeness (QED) is 0.638. The molecule has 0 spiro atoms. The standard InChI is InChI=1S/C8H5BrSi6/c9-6-3-1-5(2-4-6)8-13-10-7(11-14-8)12-15-8/h1-4,7H. The molecular weight excluding hydrogens is 345 g/mol. The first-order chi connectivity index (χ1) is 7.28. The van der Waals surface area contributed by atoms with Crippen molar-refractivity contribution in [3.8, 4) is 0 Å². The normalized spacial score (nSPS) is 34.3. The summed E-state index contributed by atoms with van der Waals surface area (Å²) < 4.78 is 1.89. The van der Waals surface area contributed by atoms with Gasteiger partial charge in [0.1, 0.15) is 0 Å². The zero-order chi connectivity index (χ0) is 10.3. The Kier molecular flexibility index (Phi) is 3.22. The van der Waals surface area contributed by atoms with Crippen LogP contribution < -0.4 is 0 Å². The van der Waals surface area contributed by atoms with Crippen molar-refractivity contribution in [3.63, 3.8) is 0 Å². The molecule has 12 radical (unpaired) electrons. The Morgan fingerprint density at radius 1 is 0.933 bits per heavy atom. The zero-order valence-corrected chi connectivity index (χ0v) is 15.4. The van der Waals surface area contributed by atoms with Gasteiger partial charge in [-0.15, -0.1) is 0 Å². The van der Waals surface area contributed by atoms with Crippen LogP contribution in [0.5, 0.6) is 0 Å². The van der Waals surface area contributed by atoms with Gasteiger partial charge in [0.2, 0.25) is 0 Å². The molecule has 0 nitrogen and oxygen atoms in total. The maximum Gasteiger partial charge on any atom is 0.0269 e. The summed E-state index contributed by atoms with van der Waals surface area (Å²) in [6.45, 7) is 0. The Morgan fingerprint density at radius 3 is 2.00 bits per heavy atom. The minimum atomic E-state index is 0.671. The zero-order valence-electron chi connectivity index (χ0n) is 7.76. The summed E-state index contributed by atoms with van der Waals surface area (Å²) in [5, 5.41) is 0. The second-order valence-electron chi connectivity index (χ2n) is 3.50. The minimum Gasteiger partial charge on any atom is -0.0724 e. The highest BCUT2D eigenvalue weighted by Crippen LogP contribution is 2.30. The van der Waals surface area contributed by atoms with Crippen molar-refractivity contribution < 1.29 is 0 Å². The van der Waals surface area contributed by atoms with E-state index in [9.17, 15) is 0 Å². The predicted octanol–water partition coefficient (Wildman–Crippen LogP) is 0.260. The van der Waals surface area contributed by atoms with Crippen LogP contribution in [0.2, 0.25) is 4.79 Å². The van der Waals surface area contributed by atoms with Crippen LogP contribution in [0, 0.1) is 0 Å². The summed E-state index contributed by atoms with van der Waals surface area (Å²) in [4.78, 5) is 1.18. The van der Waals surface area contributed by atoms with Crippen LogP contribution in [0.4, 0.5) is 0 Å². The average Bonchev–Trinajstić information content (AvgIpc) is 2.32. The average molecular weight is 350 g/mol. The summed E-state index contributed by atoms with van der Waals surface area (Å²) >= 11 is 3.53. The van der Waals surface area contributed by atoms with Crippen molar-refractivity contribution >= 4 is 70.2 Å². The molecule has 1 aromatic carbocycles. The van der Waals surface area contributed by atoms with Gasteiger partial charge in [0.25, 0.3) is 0 Å². The van der Waals surface area contributed by atoms with E-state index in [-0.39, 0.29) is 0 Å². The van der Waals surface area contributed by atoms with Crippen molar-refractivity contribution in [3.05, 3.63) is 34.3 Å². The molecule has 0 amide bonds. The molecule has 3 heterocycles. The van der Waals surface area contributed by atoms with Crippen LogP contribution in [-0.4, -0.2) is 54.2 Å². The SMILES string of the molecule is Brc1ccc(C23[Si][Si]C([Si][Si]2)[Si][Si]3)cc1. The van der Waals surface area contributed by atoms with Gasteiger partial charge >= 0.3 is 0 Å². The van der Waals surface area contributed by atoms with E-state index in [0.29, 0.717) is 4.28 Å². The topological polar surface area (TPSA) is 0 Å². The van der Waals surface area contributed by atoms with E-state index >= 15 is 0 Å². The highest BCUT2D eigenvalue weighted by Gasteiger charge is 2.43. The predicted molar refractivity (Wildman–Crippen MR) is 74.1 cm³/mol. The molecule has 0 atom stereocenters. The van der Waals surface area contributed by atoms with Crippen molar-refractivity contribution in [1.29, 1.82) is 0 Å². The molecule has 0 aromatic heterocycles. The molecule has 4 rings (SSSR count). The lowest BCUT2D eigenvalue weighted by Crippen LogP contribution is -2.64. The summed E-state index contributed by atoms with van der Waals surface area (Å²) in [6, 6.07) is 9.17. The van der Waals surface area contributed by atoms with Crippen LogP contribution in [0.3, 0.4) is 0 Å². The third-order valence-electron chi connectivity index (χ3n) is 2.49. The highest BCUT2D eigenvalue weighted by atomic mass is 79.9. The van der Waals surface area contributed by atoms with E-state index in [1.807, 2.05) is 0 Å². The Labute approximate surface area is 113 Å². The summed E-state index contributed by atoms with van der Waals surface area (Å²) in [7, 11) is 7.59. The molecule has 68 valence electrons. The number of fused-ring (bicyclic) bond motifs is 3. The van der Waals surface area contributed by atoms with E-state index in [2.05, 4.69) is 40.2 Å². The fourth-order valence-corrected chi connectivity index (χ4v) is 32.4. The monoisotopic (exact) mass is 348 g/mol. The maximum atomic E-state index is 3.53. The van der Waals surface area contributed by atoms with Crippen molar-refractivity contribution in [2.75, 3.05) is 0 Å². The molecular formula is C8H5BrSi6. The van der Waals surface area contributed by atoms with E-state index in [4.69, 9.17) is 0 Å². The lowest BCUT2D eigenvalue weighted by atomic mass is 10.2. The Bertz CT molecular complexity index is 344. The van der Waals surface area contributed by atoms with Gasteiger partial charge in [-0.2, -0.15) is 0 Å². The fourth-order valence-electron chi connectivity index (χ4n) is 1.66. The van der Waals surface area contributed by atoms with E-state index in [1.165, 1.54) is 63.5 Å². The van der Waals surface area contributed by atoms with Crippen LogP contribution in [0.25, 0.3) is 0 Å². The van der Waals surface area contributed by atoms with Gasteiger partial charge < -0.3 is 0 Å². The smallest absolute Gasteiger partial charge is 0.0269 e. The number of rotatable bonds is 1. The Hall–Kier alpha value is 1.00. The van der Waals surface area contributed by atoms with Crippen molar-refractivity contribution in [1.82, 2.24) is 0 Å². The third kappa shape index (κ3) is 2.07. The molecule has 2 bridgehead atoms. The van der Waals surface area contributed by atoms with Crippen LogP contribution >= 0.6 is 15.9 Å². The van der Waals surface area contributed by atoms with Gasteiger partial charge in [-0.3, -0.25) is 0 Å². The number of hydrogen-bond donors (Lipinski definition) is 0. The molecule has 0 N–H and O–H groups in total. The Morgan fingerprint density at radius 2 is 1.47 bits per heavy atom. The Balaban J connectivity index is 1.94.